The van der Waals surface area contributed by atoms with Gasteiger partial charge in [-0.25, -0.2) is 0 Å². The Labute approximate surface area is 335 Å². The van der Waals surface area contributed by atoms with Crippen LogP contribution in [0.15, 0.2) is 53.6 Å². The highest BCUT2D eigenvalue weighted by Gasteiger charge is 2.67. The molecule has 0 spiro atoms. The number of carbonyl (C=O) groups excluding carboxylic acids is 5. The molecule has 312 valence electrons. The van der Waals surface area contributed by atoms with Gasteiger partial charge < -0.3 is 48.5 Å². The first-order valence-corrected chi connectivity index (χ1v) is 20.1. The maximum atomic E-state index is 14.2. The molecule has 1 saturated carbocycles. The van der Waals surface area contributed by atoms with Crippen LogP contribution in [0, 0.1) is 0 Å². The topological polar surface area (TPSA) is 211 Å². The average Bonchev–Trinajstić information content (AvgIpc) is 3.16. The van der Waals surface area contributed by atoms with Crippen LogP contribution < -0.4 is 0 Å². The van der Waals surface area contributed by atoms with Crippen molar-refractivity contribution in [1.82, 2.24) is 0 Å². The molecule has 3 saturated heterocycles. The van der Waals surface area contributed by atoms with E-state index in [1.165, 1.54) is 30.4 Å². The van der Waals surface area contributed by atoms with Crippen LogP contribution >= 0.6 is 0 Å². The average molecular weight is 807 g/mol. The van der Waals surface area contributed by atoms with Crippen LogP contribution in [0.2, 0.25) is 0 Å². The van der Waals surface area contributed by atoms with Crippen molar-refractivity contribution in [2.75, 3.05) is 0 Å². The molecule has 3 aliphatic carbocycles. The lowest BCUT2D eigenvalue weighted by molar-refractivity contribution is -0.292. The molecule has 0 bridgehead atoms. The van der Waals surface area contributed by atoms with Crippen molar-refractivity contribution in [2.24, 2.45) is 0 Å². The molecule has 1 aromatic rings. The molecule has 15 nitrogen and oxygen atoms in total. The first-order chi connectivity index (χ1) is 27.4. The Morgan fingerprint density at radius 3 is 2.29 bits per heavy atom. The molecule has 3 N–H and O–H groups in total. The number of ketones is 5. The number of aliphatic hydroxyl groups excluding tert-OH is 1. The number of carbonyl (C=O) groups is 5. The Kier molecular flexibility index (Phi) is 10.7. The quantitative estimate of drug-likeness (QED) is 0.362. The molecular formula is C43H50O15. The minimum atomic E-state index is -2.73. The molecule has 4 aliphatic heterocycles. The number of rotatable bonds is 7. The zero-order chi connectivity index (χ0) is 41.5. The van der Waals surface area contributed by atoms with Gasteiger partial charge in [-0.05, 0) is 77.0 Å². The number of Topliss-reactive ketones (excluding diaryl/α,β-unsaturated/α-hetero) is 4. The van der Waals surface area contributed by atoms with E-state index >= 15 is 0 Å². The first-order valence-electron chi connectivity index (χ1n) is 20.1. The van der Waals surface area contributed by atoms with E-state index in [4.69, 9.17) is 33.2 Å². The molecule has 15 heteroatoms. The molecule has 7 aliphatic rings. The van der Waals surface area contributed by atoms with Crippen molar-refractivity contribution in [2.45, 2.75) is 164 Å². The number of ether oxygens (including phenoxy) is 7. The monoisotopic (exact) mass is 806 g/mol. The highest BCUT2D eigenvalue weighted by atomic mass is 16.7. The Morgan fingerprint density at radius 2 is 1.59 bits per heavy atom. The second-order valence-corrected chi connectivity index (χ2v) is 16.9. The fraction of sp³-hybridized carbons (Fsp3) is 0.605. The lowest BCUT2D eigenvalue weighted by Gasteiger charge is -2.53. The fourth-order valence-electron chi connectivity index (χ4n) is 9.46. The maximum absolute atomic E-state index is 14.2. The summed E-state index contributed by atoms with van der Waals surface area (Å²) < 4.78 is 42.2. The summed E-state index contributed by atoms with van der Waals surface area (Å²) in [7, 11) is 0. The number of allylic oxidation sites excluding steroid dienone is 2. The summed E-state index contributed by atoms with van der Waals surface area (Å²) in [5, 5.41) is 35.4. The van der Waals surface area contributed by atoms with Gasteiger partial charge in [-0.1, -0.05) is 12.1 Å². The van der Waals surface area contributed by atoms with Gasteiger partial charge in [0.05, 0.1) is 41.7 Å². The van der Waals surface area contributed by atoms with Gasteiger partial charge in [-0.15, -0.1) is 0 Å². The van der Waals surface area contributed by atoms with Crippen molar-refractivity contribution >= 4 is 28.9 Å². The van der Waals surface area contributed by atoms with Crippen LogP contribution in [-0.2, 0) is 47.5 Å². The first kappa shape index (κ1) is 41.1. The molecule has 0 aromatic heterocycles. The van der Waals surface area contributed by atoms with E-state index < -0.39 is 102 Å². The molecule has 58 heavy (non-hydrogen) atoms. The Morgan fingerprint density at radius 1 is 0.810 bits per heavy atom. The summed E-state index contributed by atoms with van der Waals surface area (Å²) in [4.78, 5) is 66.0. The third-order valence-corrected chi connectivity index (χ3v) is 12.6. The van der Waals surface area contributed by atoms with Gasteiger partial charge in [-0.2, -0.15) is 0 Å². The van der Waals surface area contributed by atoms with Gasteiger partial charge in [0.25, 0.3) is 0 Å². The normalized spacial score (nSPS) is 43.0. The predicted octanol–water partition coefficient (Wildman–Crippen LogP) is 3.00. The summed E-state index contributed by atoms with van der Waals surface area (Å²) in [6, 6.07) is 4.57. The largest absolute Gasteiger partial charge is 0.390 e. The molecule has 0 radical (unpaired) electrons. The number of aliphatic hydroxyl groups is 3. The summed E-state index contributed by atoms with van der Waals surface area (Å²) in [5.41, 5.74) is -6.50. The Bertz CT molecular complexity index is 1990. The van der Waals surface area contributed by atoms with E-state index in [9.17, 15) is 39.3 Å². The zero-order valence-corrected chi connectivity index (χ0v) is 33.1. The Balaban J connectivity index is 0.929. The zero-order valence-electron chi connectivity index (χ0n) is 33.1. The lowest BCUT2D eigenvalue weighted by Crippen LogP contribution is -2.69. The second-order valence-electron chi connectivity index (χ2n) is 16.9. The van der Waals surface area contributed by atoms with Crippen LogP contribution in [-0.4, -0.2) is 123 Å². The predicted molar refractivity (Wildman–Crippen MR) is 199 cm³/mol. The minimum absolute atomic E-state index is 0.0372. The fourth-order valence-corrected chi connectivity index (χ4v) is 9.46. The van der Waals surface area contributed by atoms with Gasteiger partial charge in [-0.3, -0.25) is 24.0 Å². The molecule has 1 aromatic carbocycles. The van der Waals surface area contributed by atoms with E-state index in [1.807, 2.05) is 6.92 Å². The summed E-state index contributed by atoms with van der Waals surface area (Å²) in [5.74, 6) is -2.46. The number of benzene rings is 1. The standard InChI is InChI=1S/C43H50O15/c1-20-28(44)8-11-34(53-20)56-31-10-13-35(55-22(31)3)57-40-23(4)52-32(17-30(40)46)24-6-7-25-27(16-24)38(48)26-14-15-42(50)19-41(5,58-36-12-9-29(45)21(2)54-36)18-33(47)43(42,51)37(26)39(25)49/h6-8,11,14-16,20-23,30-32,34-36,40,46,50-51H,9-10,12-13,17-19H2,1-5H3/t20?,21?,22?,23-,30-,31?,32?,34?,35?,36?,40-,41-,42-,43+/m0/s1. The molecule has 4 heterocycles. The van der Waals surface area contributed by atoms with Crippen LogP contribution in [0.3, 0.4) is 0 Å². The molecule has 8 rings (SSSR count). The van der Waals surface area contributed by atoms with Crippen LogP contribution in [0.1, 0.15) is 112 Å². The maximum Gasteiger partial charge on any atom is 0.194 e. The number of hydrogen-bond acceptors (Lipinski definition) is 15. The third kappa shape index (κ3) is 7.12. The van der Waals surface area contributed by atoms with Crippen molar-refractivity contribution in [3.05, 3.63) is 70.3 Å². The van der Waals surface area contributed by atoms with E-state index in [0.717, 1.165) is 0 Å². The van der Waals surface area contributed by atoms with Crippen molar-refractivity contribution < 1.29 is 72.5 Å². The molecule has 8 unspecified atom stereocenters. The lowest BCUT2D eigenvalue weighted by atomic mass is 9.57. The van der Waals surface area contributed by atoms with E-state index in [0.29, 0.717) is 18.4 Å². The highest BCUT2D eigenvalue weighted by molar-refractivity contribution is 6.31. The summed E-state index contributed by atoms with van der Waals surface area (Å²) >= 11 is 0. The van der Waals surface area contributed by atoms with E-state index in [-0.39, 0.29) is 66.2 Å². The summed E-state index contributed by atoms with van der Waals surface area (Å²) in [6.45, 7) is 8.51. The molecule has 4 fully saturated rings. The van der Waals surface area contributed by atoms with Crippen LogP contribution in [0.5, 0.6) is 0 Å². The molecular weight excluding hydrogens is 756 g/mol. The van der Waals surface area contributed by atoms with Gasteiger partial charge in [0.1, 0.15) is 23.9 Å². The van der Waals surface area contributed by atoms with Crippen molar-refractivity contribution in [3.63, 3.8) is 0 Å². The second kappa shape index (κ2) is 15.1. The number of hydrogen-bond donors (Lipinski definition) is 3. The van der Waals surface area contributed by atoms with Crippen molar-refractivity contribution in [3.8, 4) is 0 Å². The van der Waals surface area contributed by atoms with Crippen LogP contribution in [0.4, 0.5) is 0 Å². The van der Waals surface area contributed by atoms with Gasteiger partial charge in [0.2, 0.25) is 0 Å². The number of fused-ring (bicyclic) bond motifs is 3. The highest BCUT2D eigenvalue weighted by Crippen LogP contribution is 2.52. The van der Waals surface area contributed by atoms with E-state index in [2.05, 4.69) is 0 Å². The smallest absolute Gasteiger partial charge is 0.194 e. The summed E-state index contributed by atoms with van der Waals surface area (Å²) in [6.07, 6.45) is -0.545. The van der Waals surface area contributed by atoms with E-state index in [1.54, 1.807) is 39.8 Å². The minimum Gasteiger partial charge on any atom is -0.390 e. The molecule has 0 amide bonds. The van der Waals surface area contributed by atoms with Gasteiger partial charge >= 0.3 is 0 Å². The van der Waals surface area contributed by atoms with Crippen LogP contribution in [0.25, 0.3) is 0 Å². The third-order valence-electron chi connectivity index (χ3n) is 12.6. The SMILES string of the molecule is CC1OC(OC2CCC(O[C@H]3[C@H](C)OC(c4ccc5c(c4)C(=O)C4=C(C5=O)[C@]5(O)C(=O)C[C@](C)(OC6CCC(=O)C(C)O6)C[C@@]5(O)C=C4)C[C@@H]3O)OC2C)C=CC1=O. The van der Waals surface area contributed by atoms with Gasteiger partial charge in [0, 0.05) is 55.2 Å². The Hall–Kier alpha value is -3.61. The molecule has 14 atom stereocenters. The van der Waals surface area contributed by atoms with Gasteiger partial charge in [0.15, 0.2) is 53.4 Å². The van der Waals surface area contributed by atoms with Crippen molar-refractivity contribution in [1.29, 1.82) is 0 Å².